The summed E-state index contributed by atoms with van der Waals surface area (Å²) in [5, 5.41) is 2.99. The van der Waals surface area contributed by atoms with Gasteiger partial charge < -0.3 is 4.98 Å². The number of hydrogen-bond acceptors (Lipinski definition) is 4. The van der Waals surface area contributed by atoms with Crippen LogP contribution in [0.2, 0.25) is 0 Å². The van der Waals surface area contributed by atoms with Gasteiger partial charge in [-0.1, -0.05) is 28.1 Å². The molecule has 5 rings (SSSR count). The van der Waals surface area contributed by atoms with Crippen LogP contribution in [0.3, 0.4) is 0 Å². The fraction of sp³-hybridized carbons (Fsp3) is 0.143. The lowest BCUT2D eigenvalue weighted by atomic mass is 9.98. The standard InChI is InChI=1S/C21H16BrN5O3/c1-11-18(14-10-17(28)26(19(14)29)13-8-6-12(22)7-9-13)20(30)27(25-11)21-23-15-4-2-3-5-16(15)24-21/h2-9,14,25H,10H2,1H3,(H,23,24)/t14-/m0/s1. The molecule has 0 aliphatic carbocycles. The molecular weight excluding hydrogens is 450 g/mol. The van der Waals surface area contributed by atoms with Gasteiger partial charge in [0.25, 0.3) is 5.56 Å². The highest BCUT2D eigenvalue weighted by Gasteiger charge is 2.43. The highest BCUT2D eigenvalue weighted by molar-refractivity contribution is 9.10. The van der Waals surface area contributed by atoms with E-state index in [0.717, 1.165) is 20.4 Å². The van der Waals surface area contributed by atoms with E-state index >= 15 is 0 Å². The number of amides is 2. The number of aromatic nitrogens is 4. The van der Waals surface area contributed by atoms with Gasteiger partial charge in [-0.3, -0.25) is 24.4 Å². The number of anilines is 1. The summed E-state index contributed by atoms with van der Waals surface area (Å²) in [4.78, 5) is 47.6. The van der Waals surface area contributed by atoms with Crippen molar-refractivity contribution < 1.29 is 9.59 Å². The number of benzene rings is 2. The molecule has 2 aromatic heterocycles. The van der Waals surface area contributed by atoms with E-state index in [0.29, 0.717) is 17.3 Å². The highest BCUT2D eigenvalue weighted by Crippen LogP contribution is 2.33. The first-order valence-electron chi connectivity index (χ1n) is 9.33. The number of halogens is 1. The summed E-state index contributed by atoms with van der Waals surface area (Å²) >= 11 is 3.34. The van der Waals surface area contributed by atoms with E-state index in [1.165, 1.54) is 4.68 Å². The third-order valence-corrected chi connectivity index (χ3v) is 5.81. The lowest BCUT2D eigenvalue weighted by Crippen LogP contribution is -2.31. The minimum Gasteiger partial charge on any atom is -0.322 e. The summed E-state index contributed by atoms with van der Waals surface area (Å²) in [6.07, 6.45) is -0.0526. The number of nitrogens with one attached hydrogen (secondary N) is 2. The lowest BCUT2D eigenvalue weighted by Gasteiger charge is -2.14. The van der Waals surface area contributed by atoms with E-state index in [4.69, 9.17) is 0 Å². The number of fused-ring (bicyclic) bond motifs is 1. The molecule has 0 bridgehead atoms. The van der Waals surface area contributed by atoms with Crippen molar-refractivity contribution in [1.29, 1.82) is 0 Å². The van der Waals surface area contributed by atoms with Gasteiger partial charge in [0.2, 0.25) is 17.8 Å². The molecule has 2 amide bonds. The van der Waals surface area contributed by atoms with Crippen LogP contribution in [-0.4, -0.2) is 31.6 Å². The molecule has 150 valence electrons. The van der Waals surface area contributed by atoms with Crippen LogP contribution in [0.25, 0.3) is 17.0 Å². The molecule has 1 saturated heterocycles. The summed E-state index contributed by atoms with van der Waals surface area (Å²) in [5.74, 6) is -1.24. The zero-order valence-corrected chi connectivity index (χ0v) is 17.4. The van der Waals surface area contributed by atoms with E-state index < -0.39 is 17.4 Å². The Morgan fingerprint density at radius 1 is 1.07 bits per heavy atom. The lowest BCUT2D eigenvalue weighted by molar-refractivity contribution is -0.121. The fourth-order valence-electron chi connectivity index (χ4n) is 3.88. The topological polar surface area (TPSA) is 104 Å². The summed E-state index contributed by atoms with van der Waals surface area (Å²) in [7, 11) is 0. The normalized spacial score (nSPS) is 16.7. The van der Waals surface area contributed by atoms with Gasteiger partial charge in [0.1, 0.15) is 0 Å². The van der Waals surface area contributed by atoms with Crippen LogP contribution in [0.5, 0.6) is 0 Å². The molecule has 1 aliphatic rings. The molecule has 0 radical (unpaired) electrons. The molecule has 9 heteroatoms. The smallest absolute Gasteiger partial charge is 0.278 e. The van der Waals surface area contributed by atoms with Gasteiger partial charge in [0, 0.05) is 16.6 Å². The molecule has 8 nitrogen and oxygen atoms in total. The number of carbonyl (C=O) groups is 2. The van der Waals surface area contributed by atoms with E-state index in [-0.39, 0.29) is 17.9 Å². The van der Waals surface area contributed by atoms with Gasteiger partial charge in [-0.2, -0.15) is 4.68 Å². The number of hydrogen-bond donors (Lipinski definition) is 2. The minimum atomic E-state index is -0.837. The third-order valence-electron chi connectivity index (χ3n) is 5.29. The van der Waals surface area contributed by atoms with Crippen LogP contribution >= 0.6 is 15.9 Å². The van der Waals surface area contributed by atoms with Gasteiger partial charge in [-0.05, 0) is 43.3 Å². The third kappa shape index (κ3) is 2.81. The maximum atomic E-state index is 13.2. The molecule has 0 unspecified atom stereocenters. The number of nitrogens with zero attached hydrogens (tertiary/aromatic N) is 3. The second-order valence-corrected chi connectivity index (χ2v) is 8.08. The molecule has 0 saturated carbocycles. The van der Waals surface area contributed by atoms with Crippen molar-refractivity contribution in [2.24, 2.45) is 0 Å². The highest BCUT2D eigenvalue weighted by atomic mass is 79.9. The van der Waals surface area contributed by atoms with Crippen LogP contribution < -0.4 is 10.5 Å². The molecule has 1 atom stereocenters. The quantitative estimate of drug-likeness (QED) is 0.453. The van der Waals surface area contributed by atoms with Crippen LogP contribution in [0.1, 0.15) is 23.6 Å². The predicted molar refractivity (Wildman–Crippen MR) is 115 cm³/mol. The number of imide groups is 1. The number of aryl methyl sites for hydroxylation is 1. The van der Waals surface area contributed by atoms with Crippen LogP contribution in [0, 0.1) is 6.92 Å². The Hall–Kier alpha value is -3.46. The number of para-hydroxylation sites is 2. The molecule has 4 aromatic rings. The number of aromatic amines is 2. The Morgan fingerprint density at radius 3 is 2.53 bits per heavy atom. The van der Waals surface area contributed by atoms with Crippen molar-refractivity contribution in [2.75, 3.05) is 4.90 Å². The minimum absolute atomic E-state index is 0.0526. The zero-order chi connectivity index (χ0) is 21.0. The Kier molecular flexibility index (Phi) is 4.21. The van der Waals surface area contributed by atoms with E-state index in [9.17, 15) is 14.4 Å². The maximum absolute atomic E-state index is 13.2. The van der Waals surface area contributed by atoms with Crippen molar-refractivity contribution in [3.8, 4) is 5.95 Å². The number of imidazole rings is 1. The van der Waals surface area contributed by atoms with E-state index in [2.05, 4.69) is 31.0 Å². The molecule has 30 heavy (non-hydrogen) atoms. The molecule has 2 aromatic carbocycles. The first-order valence-corrected chi connectivity index (χ1v) is 10.1. The van der Waals surface area contributed by atoms with Gasteiger partial charge in [-0.15, -0.1) is 0 Å². The first kappa shape index (κ1) is 18.6. The molecular formula is C21H16BrN5O3. The fourth-order valence-corrected chi connectivity index (χ4v) is 4.15. The summed E-state index contributed by atoms with van der Waals surface area (Å²) in [5.41, 5.74) is 2.43. The Labute approximate surface area is 178 Å². The Bertz CT molecular complexity index is 1330. The molecule has 0 spiro atoms. The predicted octanol–water partition coefficient (Wildman–Crippen LogP) is 3.16. The van der Waals surface area contributed by atoms with Gasteiger partial charge in [-0.25, -0.2) is 4.98 Å². The summed E-state index contributed by atoms with van der Waals surface area (Å²) in [6, 6.07) is 14.4. The van der Waals surface area contributed by atoms with Crippen molar-refractivity contribution >= 4 is 44.5 Å². The molecule has 2 N–H and O–H groups in total. The van der Waals surface area contributed by atoms with Crippen molar-refractivity contribution in [1.82, 2.24) is 19.7 Å². The van der Waals surface area contributed by atoms with Gasteiger partial charge in [0.15, 0.2) is 0 Å². The SMILES string of the molecule is Cc1[nH]n(-c2nc3ccccc3[nH]2)c(=O)c1[C@@H]1CC(=O)N(c2ccc(Br)cc2)C1=O. The average Bonchev–Trinajstić information content (AvgIpc) is 3.36. The van der Waals surface area contributed by atoms with E-state index in [1.54, 1.807) is 31.2 Å². The van der Waals surface area contributed by atoms with Crippen LogP contribution in [0.15, 0.2) is 57.8 Å². The van der Waals surface area contributed by atoms with Crippen molar-refractivity contribution in [3.05, 3.63) is 74.6 Å². The Balaban J connectivity index is 1.55. The summed E-state index contributed by atoms with van der Waals surface area (Å²) < 4.78 is 2.13. The van der Waals surface area contributed by atoms with Crippen LogP contribution in [0.4, 0.5) is 5.69 Å². The largest absolute Gasteiger partial charge is 0.322 e. The first-order chi connectivity index (χ1) is 14.4. The van der Waals surface area contributed by atoms with Gasteiger partial charge >= 0.3 is 0 Å². The second-order valence-electron chi connectivity index (χ2n) is 7.17. The number of H-pyrrole nitrogens is 2. The average molecular weight is 466 g/mol. The molecule has 1 aliphatic heterocycles. The van der Waals surface area contributed by atoms with Gasteiger partial charge in [0.05, 0.1) is 28.2 Å². The maximum Gasteiger partial charge on any atom is 0.278 e. The molecule has 1 fully saturated rings. The zero-order valence-electron chi connectivity index (χ0n) is 15.8. The summed E-state index contributed by atoms with van der Waals surface area (Å²) in [6.45, 7) is 1.72. The monoisotopic (exact) mass is 465 g/mol. The van der Waals surface area contributed by atoms with Crippen molar-refractivity contribution in [3.63, 3.8) is 0 Å². The van der Waals surface area contributed by atoms with Crippen molar-refractivity contribution in [2.45, 2.75) is 19.3 Å². The molecule has 3 heterocycles. The van der Waals surface area contributed by atoms with E-state index in [1.807, 2.05) is 24.3 Å². The van der Waals surface area contributed by atoms with Crippen LogP contribution in [-0.2, 0) is 9.59 Å². The number of rotatable bonds is 3. The number of carbonyl (C=O) groups excluding carboxylic acids is 2. The second kappa shape index (κ2) is 6.81. The Morgan fingerprint density at radius 2 is 1.80 bits per heavy atom.